The maximum absolute atomic E-state index is 9.87. The Morgan fingerprint density at radius 2 is 2.20 bits per heavy atom. The van der Waals surface area contributed by atoms with E-state index in [-0.39, 0.29) is 11.5 Å². The minimum atomic E-state index is -0.0975. The number of aryl methyl sites for hydroxylation is 1. The first-order valence-electron chi connectivity index (χ1n) is 5.88. The summed E-state index contributed by atoms with van der Waals surface area (Å²) >= 11 is 1.93. The van der Waals surface area contributed by atoms with E-state index in [4.69, 9.17) is 0 Å². The lowest BCUT2D eigenvalue weighted by molar-refractivity contribution is -0.0766. The highest BCUT2D eigenvalue weighted by atomic mass is 32.1. The molecule has 1 fully saturated rings. The van der Waals surface area contributed by atoms with Crippen molar-refractivity contribution in [2.75, 3.05) is 0 Å². The first-order chi connectivity index (χ1) is 7.11. The van der Waals surface area contributed by atoms with Crippen molar-refractivity contribution in [3.8, 4) is 0 Å². The molecule has 2 heteroatoms. The van der Waals surface area contributed by atoms with Gasteiger partial charge in [-0.15, -0.1) is 11.3 Å². The van der Waals surface area contributed by atoms with Gasteiger partial charge in [0, 0.05) is 21.1 Å². The molecule has 1 aromatic rings. The Morgan fingerprint density at radius 1 is 1.47 bits per heavy atom. The van der Waals surface area contributed by atoms with Gasteiger partial charge >= 0.3 is 0 Å². The van der Waals surface area contributed by atoms with Crippen LogP contribution in [0.1, 0.15) is 49.3 Å². The highest BCUT2D eigenvalue weighted by Crippen LogP contribution is 2.56. The summed E-state index contributed by atoms with van der Waals surface area (Å²) in [7, 11) is 0. The minimum absolute atomic E-state index is 0.0975. The quantitative estimate of drug-likeness (QED) is 0.832. The smallest absolute Gasteiger partial charge is 0.0606 e. The van der Waals surface area contributed by atoms with Gasteiger partial charge in [-0.3, -0.25) is 0 Å². The molecule has 1 N–H and O–H groups in total. The molecule has 0 amide bonds. The molecule has 0 bridgehead atoms. The number of thiophene rings is 1. The second-order valence-electron chi connectivity index (χ2n) is 4.82. The van der Waals surface area contributed by atoms with Crippen LogP contribution in [0.3, 0.4) is 0 Å². The summed E-state index contributed by atoms with van der Waals surface area (Å²) < 4.78 is 0. The Balaban J connectivity index is 2.19. The van der Waals surface area contributed by atoms with Crippen LogP contribution < -0.4 is 0 Å². The number of aliphatic hydroxyl groups is 1. The molecule has 2 rings (SSSR count). The molecule has 3 unspecified atom stereocenters. The largest absolute Gasteiger partial charge is 0.393 e. The zero-order chi connectivity index (χ0) is 11.1. The van der Waals surface area contributed by atoms with Gasteiger partial charge in [0.2, 0.25) is 0 Å². The molecule has 1 aromatic heterocycles. The van der Waals surface area contributed by atoms with E-state index in [9.17, 15) is 5.11 Å². The van der Waals surface area contributed by atoms with Crippen LogP contribution in [-0.2, 0) is 6.42 Å². The predicted molar refractivity (Wildman–Crippen MR) is 65.5 cm³/mol. The molecule has 1 heterocycles. The third-order valence-electron chi connectivity index (χ3n) is 4.15. The summed E-state index contributed by atoms with van der Waals surface area (Å²) in [4.78, 5) is 2.94. The van der Waals surface area contributed by atoms with Gasteiger partial charge in [-0.25, -0.2) is 0 Å². The molecule has 1 nitrogen and oxygen atoms in total. The van der Waals surface area contributed by atoms with Gasteiger partial charge < -0.3 is 5.11 Å². The molecule has 1 aliphatic carbocycles. The molecule has 0 aliphatic heterocycles. The number of hydrogen-bond donors (Lipinski definition) is 1. The van der Waals surface area contributed by atoms with Crippen LogP contribution in [0.5, 0.6) is 0 Å². The van der Waals surface area contributed by atoms with Gasteiger partial charge in [-0.2, -0.15) is 0 Å². The van der Waals surface area contributed by atoms with Crippen molar-refractivity contribution in [2.45, 2.75) is 52.1 Å². The van der Waals surface area contributed by atoms with Gasteiger partial charge in [-0.05, 0) is 31.4 Å². The van der Waals surface area contributed by atoms with Crippen LogP contribution in [0.15, 0.2) is 12.1 Å². The average molecular weight is 224 g/mol. The standard InChI is InChI=1S/C13H20OS/c1-4-9-6-7-11(15-9)10-8-12(14)13(10,3)5-2/h6-7,10,12,14H,4-5,8H2,1-3H3. The van der Waals surface area contributed by atoms with E-state index in [2.05, 4.69) is 32.9 Å². The van der Waals surface area contributed by atoms with Gasteiger partial charge in [0.25, 0.3) is 0 Å². The summed E-state index contributed by atoms with van der Waals surface area (Å²) in [6.45, 7) is 6.60. The molecule has 0 radical (unpaired) electrons. The maximum Gasteiger partial charge on any atom is 0.0606 e. The molecule has 1 saturated carbocycles. The fourth-order valence-corrected chi connectivity index (χ4v) is 3.76. The topological polar surface area (TPSA) is 20.2 Å². The highest BCUT2D eigenvalue weighted by Gasteiger charge is 2.50. The Hall–Kier alpha value is -0.340. The third kappa shape index (κ3) is 1.64. The van der Waals surface area contributed by atoms with Gasteiger partial charge in [0.15, 0.2) is 0 Å². The molecular weight excluding hydrogens is 204 g/mol. The van der Waals surface area contributed by atoms with E-state index in [1.165, 1.54) is 9.75 Å². The van der Waals surface area contributed by atoms with Crippen LogP contribution in [0.4, 0.5) is 0 Å². The summed E-state index contributed by atoms with van der Waals surface area (Å²) in [6.07, 6.45) is 3.05. The number of aliphatic hydroxyl groups excluding tert-OH is 1. The van der Waals surface area contributed by atoms with Gasteiger partial charge in [0.05, 0.1) is 6.10 Å². The van der Waals surface area contributed by atoms with E-state index in [0.29, 0.717) is 5.92 Å². The van der Waals surface area contributed by atoms with Crippen molar-refractivity contribution >= 4 is 11.3 Å². The van der Waals surface area contributed by atoms with Crippen molar-refractivity contribution in [3.05, 3.63) is 21.9 Å². The van der Waals surface area contributed by atoms with Gasteiger partial charge in [0.1, 0.15) is 0 Å². The second-order valence-corrected chi connectivity index (χ2v) is 6.02. The van der Waals surface area contributed by atoms with E-state index in [1.54, 1.807) is 0 Å². The Kier molecular flexibility index (Phi) is 2.91. The summed E-state index contributed by atoms with van der Waals surface area (Å²) in [5, 5.41) is 9.87. The van der Waals surface area contributed by atoms with Gasteiger partial charge in [-0.1, -0.05) is 20.8 Å². The van der Waals surface area contributed by atoms with Crippen molar-refractivity contribution in [1.82, 2.24) is 0 Å². The molecule has 15 heavy (non-hydrogen) atoms. The first-order valence-corrected chi connectivity index (χ1v) is 6.70. The normalized spacial score (nSPS) is 35.2. The van der Waals surface area contributed by atoms with Crippen LogP contribution in [0.2, 0.25) is 0 Å². The Morgan fingerprint density at radius 3 is 2.67 bits per heavy atom. The SMILES string of the molecule is CCc1ccc(C2CC(O)C2(C)CC)s1. The molecule has 3 atom stereocenters. The van der Waals surface area contributed by atoms with E-state index < -0.39 is 0 Å². The van der Waals surface area contributed by atoms with Crippen LogP contribution in [-0.4, -0.2) is 11.2 Å². The average Bonchev–Trinajstić information content (AvgIpc) is 2.72. The number of hydrogen-bond acceptors (Lipinski definition) is 2. The van der Waals surface area contributed by atoms with Crippen molar-refractivity contribution in [3.63, 3.8) is 0 Å². The molecule has 0 spiro atoms. The first kappa shape index (κ1) is 11.2. The van der Waals surface area contributed by atoms with E-state index in [1.807, 2.05) is 11.3 Å². The molecule has 0 saturated heterocycles. The summed E-state index contributed by atoms with van der Waals surface area (Å²) in [5.74, 6) is 0.586. The summed E-state index contributed by atoms with van der Waals surface area (Å²) in [6, 6.07) is 4.49. The third-order valence-corrected chi connectivity index (χ3v) is 5.50. The lowest BCUT2D eigenvalue weighted by atomic mass is 9.57. The van der Waals surface area contributed by atoms with Crippen molar-refractivity contribution < 1.29 is 5.11 Å². The van der Waals surface area contributed by atoms with Crippen molar-refractivity contribution in [2.24, 2.45) is 5.41 Å². The fourth-order valence-electron chi connectivity index (χ4n) is 2.53. The monoisotopic (exact) mass is 224 g/mol. The molecule has 0 aromatic carbocycles. The van der Waals surface area contributed by atoms with E-state index >= 15 is 0 Å². The van der Waals surface area contributed by atoms with Crippen LogP contribution in [0.25, 0.3) is 0 Å². The Bertz CT molecular complexity index is 344. The summed E-state index contributed by atoms with van der Waals surface area (Å²) in [5.41, 5.74) is 0.121. The predicted octanol–water partition coefficient (Wildman–Crippen LogP) is 3.58. The maximum atomic E-state index is 9.87. The molecule has 1 aliphatic rings. The van der Waals surface area contributed by atoms with Crippen LogP contribution in [0, 0.1) is 5.41 Å². The lowest BCUT2D eigenvalue weighted by Crippen LogP contribution is -2.48. The van der Waals surface area contributed by atoms with E-state index in [0.717, 1.165) is 19.3 Å². The molecular formula is C13H20OS. The van der Waals surface area contributed by atoms with Crippen LogP contribution >= 0.6 is 11.3 Å². The lowest BCUT2D eigenvalue weighted by Gasteiger charge is -2.51. The minimum Gasteiger partial charge on any atom is -0.393 e. The van der Waals surface area contributed by atoms with Crippen molar-refractivity contribution in [1.29, 1.82) is 0 Å². The second kappa shape index (κ2) is 3.91. The Labute approximate surface area is 96.1 Å². The fraction of sp³-hybridized carbons (Fsp3) is 0.692. The molecule has 84 valence electrons. The zero-order valence-electron chi connectivity index (χ0n) is 9.79. The highest BCUT2D eigenvalue weighted by molar-refractivity contribution is 7.12. The number of rotatable bonds is 3. The zero-order valence-corrected chi connectivity index (χ0v) is 10.6.